The van der Waals surface area contributed by atoms with E-state index in [-0.39, 0.29) is 24.0 Å². The van der Waals surface area contributed by atoms with Gasteiger partial charge in [-0.05, 0) is 48.3 Å². The molecule has 0 aliphatic carbocycles. The fraction of sp³-hybridized carbons (Fsp3) is 0.562. The van der Waals surface area contributed by atoms with Gasteiger partial charge in [0.15, 0.2) is 5.96 Å². The van der Waals surface area contributed by atoms with Crippen LogP contribution in [0.15, 0.2) is 29.3 Å². The highest BCUT2D eigenvalue weighted by atomic mass is 127. The first-order valence-electron chi connectivity index (χ1n) is 7.52. The Balaban J connectivity index is 0.00000161. The summed E-state index contributed by atoms with van der Waals surface area (Å²) in [6.45, 7) is 2.10. The first-order chi connectivity index (χ1) is 9.88. The van der Waals surface area contributed by atoms with Crippen molar-refractivity contribution >= 4 is 47.4 Å². The van der Waals surface area contributed by atoms with E-state index in [1.807, 2.05) is 7.05 Å². The Hall–Kier alpha value is -0.430. The van der Waals surface area contributed by atoms with E-state index >= 15 is 0 Å². The van der Waals surface area contributed by atoms with Crippen molar-refractivity contribution in [2.45, 2.75) is 19.3 Å². The van der Waals surface area contributed by atoms with E-state index in [1.54, 1.807) is 0 Å². The fourth-order valence-corrected chi connectivity index (χ4v) is 4.24. The van der Waals surface area contributed by atoms with Crippen molar-refractivity contribution < 1.29 is 0 Å². The second-order valence-electron chi connectivity index (χ2n) is 5.51. The number of halogens is 1. The summed E-state index contributed by atoms with van der Waals surface area (Å²) in [7, 11) is 1.89. The molecule has 0 spiro atoms. The van der Waals surface area contributed by atoms with Crippen LogP contribution in [0.4, 0.5) is 5.69 Å². The van der Waals surface area contributed by atoms with Gasteiger partial charge in [-0.15, -0.1) is 24.0 Å². The van der Waals surface area contributed by atoms with Crippen molar-refractivity contribution in [2.75, 3.05) is 36.5 Å². The summed E-state index contributed by atoms with van der Waals surface area (Å²) in [5.74, 6) is 4.48. The van der Waals surface area contributed by atoms with Crippen molar-refractivity contribution in [2.24, 2.45) is 10.9 Å². The fourth-order valence-electron chi connectivity index (χ4n) is 3.04. The van der Waals surface area contributed by atoms with Crippen molar-refractivity contribution in [1.82, 2.24) is 5.32 Å². The summed E-state index contributed by atoms with van der Waals surface area (Å²) in [4.78, 5) is 6.81. The maximum Gasteiger partial charge on any atom is 0.198 e. The number of rotatable bonds is 2. The third-order valence-electron chi connectivity index (χ3n) is 4.24. The number of nitrogens with zero attached hydrogens (tertiary/aromatic N) is 2. The molecule has 3 rings (SSSR count). The summed E-state index contributed by atoms with van der Waals surface area (Å²) >= 11 is 2.09. The van der Waals surface area contributed by atoms with Crippen LogP contribution < -0.4 is 10.2 Å². The monoisotopic (exact) mass is 417 g/mol. The third-order valence-corrected chi connectivity index (χ3v) is 5.29. The number of hydrogen-bond acceptors (Lipinski definition) is 2. The molecule has 0 saturated carbocycles. The highest BCUT2D eigenvalue weighted by molar-refractivity contribution is 14.0. The molecule has 1 saturated heterocycles. The molecule has 0 unspecified atom stereocenters. The highest BCUT2D eigenvalue weighted by Crippen LogP contribution is 2.27. The third kappa shape index (κ3) is 4.06. The molecule has 0 atom stereocenters. The van der Waals surface area contributed by atoms with Gasteiger partial charge in [0.05, 0.1) is 0 Å². The van der Waals surface area contributed by atoms with Gasteiger partial charge < -0.3 is 10.2 Å². The topological polar surface area (TPSA) is 27.6 Å². The van der Waals surface area contributed by atoms with Crippen molar-refractivity contribution in [3.63, 3.8) is 0 Å². The van der Waals surface area contributed by atoms with E-state index < -0.39 is 0 Å². The molecule has 1 aromatic carbocycles. The van der Waals surface area contributed by atoms with Crippen LogP contribution in [0, 0.1) is 5.92 Å². The van der Waals surface area contributed by atoms with Crippen LogP contribution in [0.3, 0.4) is 0 Å². The number of hydrogen-bond donors (Lipinski definition) is 1. The molecule has 1 N–H and O–H groups in total. The minimum atomic E-state index is 0. The normalized spacial score (nSPS) is 19.1. The quantitative estimate of drug-likeness (QED) is 0.454. The lowest BCUT2D eigenvalue weighted by atomic mass is 10.0. The molecule has 0 amide bonds. The van der Waals surface area contributed by atoms with Crippen molar-refractivity contribution in [3.8, 4) is 0 Å². The Bertz CT molecular complexity index is 486. The highest BCUT2D eigenvalue weighted by Gasteiger charge is 2.23. The minimum absolute atomic E-state index is 0. The molecule has 2 heterocycles. The Labute approximate surface area is 149 Å². The van der Waals surface area contributed by atoms with Crippen LogP contribution in [0.25, 0.3) is 0 Å². The zero-order valence-electron chi connectivity index (χ0n) is 12.5. The molecule has 1 aromatic rings. The molecule has 0 bridgehead atoms. The molecule has 3 nitrogen and oxygen atoms in total. The number of anilines is 1. The van der Waals surface area contributed by atoms with Crippen molar-refractivity contribution in [3.05, 3.63) is 29.8 Å². The summed E-state index contributed by atoms with van der Waals surface area (Å²) in [5, 5.41) is 3.59. The predicted octanol–water partition coefficient (Wildman–Crippen LogP) is 3.39. The summed E-state index contributed by atoms with van der Waals surface area (Å²) < 4.78 is 0. The van der Waals surface area contributed by atoms with E-state index in [9.17, 15) is 0 Å². The summed E-state index contributed by atoms with van der Waals surface area (Å²) in [5.41, 5.74) is 2.75. The first-order valence-corrected chi connectivity index (χ1v) is 8.68. The lowest BCUT2D eigenvalue weighted by Gasteiger charge is -2.26. The van der Waals surface area contributed by atoms with Gasteiger partial charge in [-0.2, -0.15) is 11.8 Å². The molecule has 5 heteroatoms. The largest absolute Gasteiger partial charge is 0.356 e. The Morgan fingerprint density at radius 2 is 2.10 bits per heavy atom. The lowest BCUT2D eigenvalue weighted by molar-refractivity contribution is 0.480. The number of fused-ring (bicyclic) bond motifs is 1. The standard InChI is InChI=1S/C16H23N3S.HI/c1-17-16(18-12-13-7-10-20-11-8-13)19-9-6-14-4-2-3-5-15(14)19;/h2-5,13H,6-12H2,1H3,(H,17,18);1H. The van der Waals surface area contributed by atoms with Gasteiger partial charge in [-0.25, -0.2) is 0 Å². The predicted molar refractivity (Wildman–Crippen MR) is 104 cm³/mol. The van der Waals surface area contributed by atoms with Crippen LogP contribution in [-0.2, 0) is 6.42 Å². The summed E-state index contributed by atoms with van der Waals surface area (Å²) in [6, 6.07) is 8.66. The number of guanidine groups is 1. The molecule has 21 heavy (non-hydrogen) atoms. The van der Waals surface area contributed by atoms with Crippen LogP contribution in [0.1, 0.15) is 18.4 Å². The number of nitrogens with one attached hydrogen (secondary N) is 1. The van der Waals surface area contributed by atoms with E-state index in [0.717, 1.165) is 31.4 Å². The molecule has 1 fully saturated rings. The van der Waals surface area contributed by atoms with Crippen LogP contribution in [-0.4, -0.2) is 37.6 Å². The van der Waals surface area contributed by atoms with Crippen LogP contribution in [0.5, 0.6) is 0 Å². The number of para-hydroxylation sites is 1. The van der Waals surface area contributed by atoms with Gasteiger partial charge in [-0.1, -0.05) is 18.2 Å². The van der Waals surface area contributed by atoms with Crippen LogP contribution in [0.2, 0.25) is 0 Å². The van der Waals surface area contributed by atoms with Crippen molar-refractivity contribution in [1.29, 1.82) is 0 Å². The number of aliphatic imine (C=N–C) groups is 1. The van der Waals surface area contributed by atoms with Gasteiger partial charge in [-0.3, -0.25) is 4.99 Å². The maximum absolute atomic E-state index is 4.48. The molecular weight excluding hydrogens is 393 g/mol. The van der Waals surface area contributed by atoms with E-state index in [0.29, 0.717) is 0 Å². The van der Waals surface area contributed by atoms with Gasteiger partial charge in [0.25, 0.3) is 0 Å². The summed E-state index contributed by atoms with van der Waals surface area (Å²) in [6.07, 6.45) is 3.80. The Morgan fingerprint density at radius 1 is 1.33 bits per heavy atom. The van der Waals surface area contributed by atoms with Gasteiger partial charge in [0.2, 0.25) is 0 Å². The molecule has 116 valence electrons. The van der Waals surface area contributed by atoms with Gasteiger partial charge in [0, 0.05) is 25.8 Å². The molecule has 0 radical (unpaired) electrons. The van der Waals surface area contributed by atoms with E-state index in [4.69, 9.17) is 0 Å². The lowest BCUT2D eigenvalue weighted by Crippen LogP contribution is -2.43. The van der Waals surface area contributed by atoms with E-state index in [2.05, 4.69) is 51.2 Å². The molecular formula is C16H24IN3S. The molecule has 2 aliphatic rings. The van der Waals surface area contributed by atoms with E-state index in [1.165, 1.54) is 35.6 Å². The SMILES string of the molecule is CN=C(NCC1CCSCC1)N1CCc2ccccc21.I. The first kappa shape index (κ1) is 16.9. The number of benzene rings is 1. The van der Waals surface area contributed by atoms with Crippen LogP contribution >= 0.6 is 35.7 Å². The second-order valence-corrected chi connectivity index (χ2v) is 6.74. The average molecular weight is 417 g/mol. The Kier molecular flexibility index (Phi) is 6.67. The molecule has 0 aromatic heterocycles. The zero-order chi connectivity index (χ0) is 13.8. The smallest absolute Gasteiger partial charge is 0.198 e. The van der Waals surface area contributed by atoms with Gasteiger partial charge in [0.1, 0.15) is 0 Å². The Morgan fingerprint density at radius 3 is 2.86 bits per heavy atom. The maximum atomic E-state index is 4.48. The minimum Gasteiger partial charge on any atom is -0.356 e. The average Bonchev–Trinajstić information content (AvgIpc) is 2.93. The zero-order valence-corrected chi connectivity index (χ0v) is 15.7. The van der Waals surface area contributed by atoms with Gasteiger partial charge >= 0.3 is 0 Å². The second kappa shape index (κ2) is 8.27. The molecule has 2 aliphatic heterocycles. The number of thioether (sulfide) groups is 1.